The van der Waals surface area contributed by atoms with Crippen molar-refractivity contribution < 1.29 is 23.1 Å². The molecule has 0 radical (unpaired) electrons. The Hall–Kier alpha value is -3.54. The molecular weight excluding hydrogens is 638 g/mol. The first-order valence-corrected chi connectivity index (χ1v) is 17.2. The van der Waals surface area contributed by atoms with Crippen molar-refractivity contribution in [2.24, 2.45) is 4.99 Å². The highest BCUT2D eigenvalue weighted by molar-refractivity contribution is 6.35. The van der Waals surface area contributed by atoms with Gasteiger partial charge in [-0.2, -0.15) is 0 Å². The molecule has 48 heavy (non-hydrogen) atoms. The Labute approximate surface area is 287 Å². The molecule has 6 rings (SSSR count). The standard InChI is InChI=1S/C26H27ClF2N4O3.C10H20N2/c1-5-22(35)32-12-16(3)33(13-15(32)2)26(30-4)19-11-20(27)23(18-7-6-17(28)10-21(18)29)25-24(19)31(14-34)8-9-36-25;1-3-6-12-9-4-5-10(12)8-11(2)7-9/h5-7,10-11,14-16H,1,8-9,12-13H2,2-4H3;9-10H,3-8H2,1-2H3/t15-,16+;/m1./s1. The van der Waals surface area contributed by atoms with Gasteiger partial charge in [0.05, 0.1) is 17.3 Å². The molecule has 3 saturated heterocycles. The number of amidine groups is 1. The Bertz CT molecular complexity index is 1540. The summed E-state index contributed by atoms with van der Waals surface area (Å²) in [6.45, 7) is 15.1. The zero-order valence-corrected chi connectivity index (χ0v) is 29.3. The van der Waals surface area contributed by atoms with Crippen LogP contribution in [0.25, 0.3) is 11.1 Å². The summed E-state index contributed by atoms with van der Waals surface area (Å²) in [5.74, 6) is -0.875. The average molecular weight is 685 g/mol. The molecule has 2 aromatic carbocycles. The van der Waals surface area contributed by atoms with E-state index in [1.807, 2.05) is 13.8 Å². The van der Waals surface area contributed by atoms with Gasteiger partial charge in [-0.3, -0.25) is 19.5 Å². The van der Waals surface area contributed by atoms with Gasteiger partial charge in [0.2, 0.25) is 12.3 Å². The van der Waals surface area contributed by atoms with E-state index in [9.17, 15) is 18.4 Å². The van der Waals surface area contributed by atoms with E-state index in [2.05, 4.69) is 40.2 Å². The van der Waals surface area contributed by atoms with Crippen molar-refractivity contribution in [3.8, 4) is 16.9 Å². The number of hydrogen-bond acceptors (Lipinski definition) is 6. The first-order chi connectivity index (χ1) is 23.0. The fourth-order valence-corrected chi connectivity index (χ4v) is 7.99. The Balaban J connectivity index is 0.000000313. The van der Waals surface area contributed by atoms with E-state index in [-0.39, 0.29) is 53.0 Å². The van der Waals surface area contributed by atoms with E-state index < -0.39 is 11.6 Å². The average Bonchev–Trinajstić information content (AvgIpc) is 3.30. The number of carbonyl (C=O) groups is 2. The lowest BCUT2D eigenvalue weighted by molar-refractivity contribution is -0.130. The first-order valence-electron chi connectivity index (χ1n) is 16.8. The highest BCUT2D eigenvalue weighted by Gasteiger charge is 2.38. The summed E-state index contributed by atoms with van der Waals surface area (Å²) in [5, 5.41) is 0.171. The minimum atomic E-state index is -0.798. The van der Waals surface area contributed by atoms with Crippen molar-refractivity contribution >= 4 is 35.4 Å². The number of benzene rings is 2. The van der Waals surface area contributed by atoms with Gasteiger partial charge in [0, 0.05) is 80.2 Å². The van der Waals surface area contributed by atoms with E-state index in [4.69, 9.17) is 16.3 Å². The Morgan fingerprint density at radius 1 is 1.08 bits per heavy atom. The monoisotopic (exact) mass is 684 g/mol. The van der Waals surface area contributed by atoms with Crippen molar-refractivity contribution in [3.63, 3.8) is 0 Å². The highest BCUT2D eigenvalue weighted by Crippen LogP contribution is 2.48. The van der Waals surface area contributed by atoms with E-state index in [0.717, 1.165) is 24.2 Å². The molecule has 2 bridgehead atoms. The van der Waals surface area contributed by atoms with Crippen LogP contribution in [0, 0.1) is 11.6 Å². The summed E-state index contributed by atoms with van der Waals surface area (Å²) >= 11 is 6.71. The Morgan fingerprint density at radius 3 is 2.35 bits per heavy atom. The lowest BCUT2D eigenvalue weighted by atomic mass is 9.96. The van der Waals surface area contributed by atoms with E-state index in [1.165, 1.54) is 55.9 Å². The normalized spacial score (nSPS) is 24.4. The number of piperazine rings is 2. The number of hydrogen-bond donors (Lipinski definition) is 0. The van der Waals surface area contributed by atoms with Gasteiger partial charge in [-0.15, -0.1) is 0 Å². The first kappa shape index (κ1) is 35.8. The van der Waals surface area contributed by atoms with Crippen LogP contribution in [0.3, 0.4) is 0 Å². The zero-order valence-electron chi connectivity index (χ0n) is 28.6. The van der Waals surface area contributed by atoms with Gasteiger partial charge >= 0.3 is 0 Å². The second-order valence-corrected chi connectivity index (χ2v) is 13.6. The summed E-state index contributed by atoms with van der Waals surface area (Å²) in [6.07, 6.45) is 6.18. The molecule has 4 aliphatic heterocycles. The van der Waals surface area contributed by atoms with Crippen LogP contribution in [-0.2, 0) is 9.59 Å². The maximum absolute atomic E-state index is 14.8. The Kier molecular flexibility index (Phi) is 11.4. The fourth-order valence-electron chi connectivity index (χ4n) is 7.69. The lowest BCUT2D eigenvalue weighted by Crippen LogP contribution is -2.59. The molecule has 2 aromatic rings. The molecule has 9 nitrogen and oxygen atoms in total. The van der Waals surface area contributed by atoms with Gasteiger partial charge in [-0.25, -0.2) is 8.78 Å². The van der Waals surface area contributed by atoms with Crippen molar-refractivity contribution in [1.82, 2.24) is 19.6 Å². The number of halogens is 3. The molecule has 4 aliphatic rings. The third kappa shape index (κ3) is 7.09. The maximum atomic E-state index is 14.8. The van der Waals surface area contributed by atoms with Crippen LogP contribution in [-0.4, -0.2) is 122 Å². The smallest absolute Gasteiger partial charge is 0.246 e. The number of aliphatic imine (C=N–C) groups is 1. The molecule has 0 aliphatic carbocycles. The molecule has 12 heteroatoms. The largest absolute Gasteiger partial charge is 0.489 e. The predicted molar refractivity (Wildman–Crippen MR) is 187 cm³/mol. The van der Waals surface area contributed by atoms with Crippen LogP contribution in [0.4, 0.5) is 14.5 Å². The van der Waals surface area contributed by atoms with Crippen LogP contribution in [0.5, 0.6) is 5.75 Å². The van der Waals surface area contributed by atoms with Gasteiger partial charge in [-0.1, -0.05) is 25.1 Å². The number of anilines is 1. The second kappa shape index (κ2) is 15.3. The molecule has 0 N–H and O–H groups in total. The second-order valence-electron chi connectivity index (χ2n) is 13.2. The summed E-state index contributed by atoms with van der Waals surface area (Å²) in [7, 11) is 3.89. The number of nitrogens with zero attached hydrogens (tertiary/aromatic N) is 6. The van der Waals surface area contributed by atoms with Crippen molar-refractivity contribution in [2.75, 3.05) is 64.9 Å². The summed E-state index contributed by atoms with van der Waals surface area (Å²) in [5.41, 5.74) is 1.24. The Morgan fingerprint density at radius 2 is 1.75 bits per heavy atom. The molecule has 2 unspecified atom stereocenters. The van der Waals surface area contributed by atoms with Crippen molar-refractivity contribution in [3.05, 3.63) is 59.1 Å². The number of ether oxygens (including phenoxy) is 1. The zero-order chi connectivity index (χ0) is 34.7. The number of likely N-dealkylation sites (tertiary alicyclic amines) is 1. The third-order valence-corrected chi connectivity index (χ3v) is 10.2. The number of rotatable bonds is 6. The summed E-state index contributed by atoms with van der Waals surface area (Å²) < 4.78 is 34.4. The van der Waals surface area contributed by atoms with Crippen LogP contribution in [0.2, 0.25) is 5.02 Å². The molecule has 3 fully saturated rings. The number of likely N-dealkylation sites (N-methyl/N-ethyl adjacent to an activating group) is 1. The topological polar surface area (TPSA) is 71.9 Å². The third-order valence-electron chi connectivity index (χ3n) is 9.87. The molecule has 2 amide bonds. The van der Waals surface area contributed by atoms with Gasteiger partial charge in [-0.05, 0) is 71.0 Å². The number of amides is 2. The minimum absolute atomic E-state index is 0.0606. The van der Waals surface area contributed by atoms with Crippen molar-refractivity contribution in [1.29, 1.82) is 0 Å². The van der Waals surface area contributed by atoms with Crippen LogP contribution in [0.15, 0.2) is 41.9 Å². The molecule has 260 valence electrons. The fraction of sp³-hybridized carbons (Fsp3) is 0.528. The quantitative estimate of drug-likeness (QED) is 0.178. The van der Waals surface area contributed by atoms with E-state index in [1.54, 1.807) is 18.0 Å². The van der Waals surface area contributed by atoms with E-state index in [0.29, 0.717) is 36.6 Å². The van der Waals surface area contributed by atoms with Gasteiger partial charge in [0.25, 0.3) is 0 Å². The lowest BCUT2D eigenvalue weighted by Gasteiger charge is -2.45. The molecule has 0 saturated carbocycles. The van der Waals surface area contributed by atoms with Gasteiger partial charge in [0.15, 0.2) is 5.75 Å². The molecular formula is C36H47ClF2N6O3. The van der Waals surface area contributed by atoms with Crippen LogP contribution in [0.1, 0.15) is 45.6 Å². The number of fused-ring (bicyclic) bond motifs is 3. The van der Waals surface area contributed by atoms with E-state index >= 15 is 0 Å². The molecule has 4 heterocycles. The van der Waals surface area contributed by atoms with Gasteiger partial charge < -0.3 is 24.3 Å². The van der Waals surface area contributed by atoms with Gasteiger partial charge in [0.1, 0.15) is 24.1 Å². The predicted octanol–water partition coefficient (Wildman–Crippen LogP) is 5.30. The van der Waals surface area contributed by atoms with Crippen molar-refractivity contribution in [2.45, 2.75) is 64.2 Å². The molecule has 4 atom stereocenters. The van der Waals surface area contributed by atoms with Crippen LogP contribution >= 0.6 is 11.6 Å². The minimum Gasteiger partial charge on any atom is -0.489 e. The molecule has 0 spiro atoms. The SMILES string of the molecule is C=CC(=O)N1C[C@H](C)N(C(=NC)c2cc(Cl)c(-c3ccc(F)cc3F)c3c2N(C=O)CCO3)C[C@H]1C.CCCN1C2CCC1CN(C)C2. The highest BCUT2D eigenvalue weighted by atomic mass is 35.5. The summed E-state index contributed by atoms with van der Waals surface area (Å²) in [6, 6.07) is 6.37. The summed E-state index contributed by atoms with van der Waals surface area (Å²) in [4.78, 5) is 39.4. The number of carbonyl (C=O) groups excluding carboxylic acids is 2. The maximum Gasteiger partial charge on any atom is 0.246 e. The van der Waals surface area contributed by atoms with Crippen LogP contribution < -0.4 is 9.64 Å². The molecule has 0 aromatic heterocycles.